The van der Waals surface area contributed by atoms with Crippen LogP contribution in [0.2, 0.25) is 0 Å². The molecule has 0 aromatic heterocycles. The van der Waals surface area contributed by atoms with E-state index < -0.39 is 7.82 Å². The Bertz CT molecular complexity index is 232. The zero-order valence-corrected chi connectivity index (χ0v) is 7.85. The van der Waals surface area contributed by atoms with Gasteiger partial charge in [-0.2, -0.15) is 0 Å². The van der Waals surface area contributed by atoms with Gasteiger partial charge in [0, 0.05) is 13.0 Å². The Balaban J connectivity index is 0. The van der Waals surface area contributed by atoms with Gasteiger partial charge in [0.15, 0.2) is 0 Å². The topological polar surface area (TPSA) is 98.1 Å². The zero-order chi connectivity index (χ0) is 10.5. The summed E-state index contributed by atoms with van der Waals surface area (Å²) in [6, 6.07) is 0. The van der Waals surface area contributed by atoms with Crippen LogP contribution in [0, 0.1) is 0 Å². The van der Waals surface area contributed by atoms with E-state index in [1.165, 1.54) is 0 Å². The quantitative estimate of drug-likeness (QED) is 0.416. The molecule has 3 N–H and O–H groups in total. The van der Waals surface area contributed by atoms with E-state index in [0.29, 0.717) is 6.42 Å². The van der Waals surface area contributed by atoms with Crippen LogP contribution in [0.25, 0.3) is 0 Å². The van der Waals surface area contributed by atoms with Crippen LogP contribution >= 0.6 is 7.82 Å². The molecule has 6 nitrogen and oxygen atoms in total. The zero-order valence-electron chi connectivity index (χ0n) is 6.96. The predicted molar refractivity (Wildman–Crippen MR) is 52.6 cm³/mol. The summed E-state index contributed by atoms with van der Waals surface area (Å²) in [6.45, 7) is 4.36. The van der Waals surface area contributed by atoms with Crippen LogP contribution in [0.1, 0.15) is 12.8 Å². The SMILES string of the molecule is C=CN1CCCC1=O.O=P(O)(O)O.[KH]. The number of carbonyl (C=O) groups is 1. The molecule has 0 saturated carbocycles. The van der Waals surface area contributed by atoms with Crippen LogP contribution in [-0.2, 0) is 9.36 Å². The molecule has 8 heteroatoms. The number of hydrogen-bond acceptors (Lipinski definition) is 2. The van der Waals surface area contributed by atoms with Gasteiger partial charge in [-0.25, -0.2) is 4.57 Å². The molecule has 1 aliphatic rings. The van der Waals surface area contributed by atoms with Crippen LogP contribution < -0.4 is 0 Å². The van der Waals surface area contributed by atoms with Gasteiger partial charge in [-0.3, -0.25) is 4.79 Å². The predicted octanol–water partition coefficient (Wildman–Crippen LogP) is -0.825. The maximum atomic E-state index is 10.7. The fourth-order valence-corrected chi connectivity index (χ4v) is 0.862. The van der Waals surface area contributed by atoms with E-state index in [4.69, 9.17) is 19.2 Å². The number of hydrogen-bond donors (Lipinski definition) is 3. The molecule has 78 valence electrons. The summed E-state index contributed by atoms with van der Waals surface area (Å²) in [4.78, 5) is 33.9. The van der Waals surface area contributed by atoms with Gasteiger partial charge in [0.1, 0.15) is 0 Å². The van der Waals surface area contributed by atoms with Crippen molar-refractivity contribution in [2.24, 2.45) is 0 Å². The summed E-state index contributed by atoms with van der Waals surface area (Å²) in [6.07, 6.45) is 3.28. The molecule has 1 fully saturated rings. The Kier molecular flexibility index (Phi) is 10.1. The monoisotopic (exact) mass is 249 g/mol. The summed E-state index contributed by atoms with van der Waals surface area (Å²) in [5.41, 5.74) is 0. The summed E-state index contributed by atoms with van der Waals surface area (Å²) in [7, 11) is -4.64. The molecule has 0 bridgehead atoms. The first kappa shape index (κ1) is 17.4. The first-order valence-electron chi connectivity index (χ1n) is 3.55. The van der Waals surface area contributed by atoms with Crippen molar-refractivity contribution in [1.82, 2.24) is 4.90 Å². The molecule has 1 rings (SSSR count). The van der Waals surface area contributed by atoms with Crippen molar-refractivity contribution in [3.63, 3.8) is 0 Å². The molecule has 0 unspecified atom stereocenters. The van der Waals surface area contributed by atoms with Gasteiger partial charge >= 0.3 is 59.2 Å². The average Bonchev–Trinajstić information content (AvgIpc) is 2.31. The molecule has 1 heterocycles. The van der Waals surface area contributed by atoms with E-state index in [1.54, 1.807) is 11.1 Å². The Morgan fingerprint density at radius 1 is 1.43 bits per heavy atom. The van der Waals surface area contributed by atoms with Crippen LogP contribution in [0.15, 0.2) is 12.8 Å². The summed E-state index contributed by atoms with van der Waals surface area (Å²) in [5, 5.41) is 0. The normalized spacial score (nSPS) is 15.4. The van der Waals surface area contributed by atoms with Gasteiger partial charge in [-0.15, -0.1) is 0 Å². The number of amides is 1. The molecule has 0 radical (unpaired) electrons. The van der Waals surface area contributed by atoms with Crippen LogP contribution in [-0.4, -0.2) is 83.4 Å². The average molecular weight is 249 g/mol. The second-order valence-corrected chi connectivity index (χ2v) is 3.41. The number of phosphoric acid groups is 1. The molecule has 0 atom stereocenters. The Labute approximate surface area is 125 Å². The molecule has 1 aliphatic heterocycles. The van der Waals surface area contributed by atoms with E-state index >= 15 is 0 Å². The van der Waals surface area contributed by atoms with Gasteiger partial charge in [-0.1, -0.05) is 6.58 Å². The molecule has 1 amide bonds. The van der Waals surface area contributed by atoms with Crippen molar-refractivity contribution >= 4 is 65.1 Å². The van der Waals surface area contributed by atoms with Crippen molar-refractivity contribution in [3.05, 3.63) is 12.8 Å². The molecule has 0 aliphatic carbocycles. The molecular weight excluding hydrogens is 236 g/mol. The van der Waals surface area contributed by atoms with Crippen molar-refractivity contribution < 1.29 is 24.0 Å². The Morgan fingerprint density at radius 3 is 2.00 bits per heavy atom. The minimum absolute atomic E-state index is 0. The Hall–Kier alpha value is 0.956. The van der Waals surface area contributed by atoms with E-state index in [1.807, 2.05) is 0 Å². The molecule has 0 aromatic carbocycles. The number of rotatable bonds is 1. The van der Waals surface area contributed by atoms with Gasteiger partial charge in [0.2, 0.25) is 5.91 Å². The maximum absolute atomic E-state index is 10.7. The van der Waals surface area contributed by atoms with Crippen LogP contribution in [0.3, 0.4) is 0 Å². The number of likely N-dealkylation sites (tertiary alicyclic amines) is 1. The fraction of sp³-hybridized carbons (Fsp3) is 0.500. The van der Waals surface area contributed by atoms with E-state index in [-0.39, 0.29) is 57.3 Å². The van der Waals surface area contributed by atoms with Crippen LogP contribution in [0.5, 0.6) is 0 Å². The van der Waals surface area contributed by atoms with Crippen molar-refractivity contribution in [2.75, 3.05) is 6.54 Å². The van der Waals surface area contributed by atoms with Crippen LogP contribution in [0.4, 0.5) is 0 Å². The van der Waals surface area contributed by atoms with E-state index in [2.05, 4.69) is 6.58 Å². The Morgan fingerprint density at radius 2 is 1.86 bits per heavy atom. The standard InChI is InChI=1S/C6H9NO.K.H3O4P.H/c1-2-7-5-3-4-6(7)8;;1-5(2,3)4;/h2H,1,3-5H2;;(H3,1,2,3,4);. The summed E-state index contributed by atoms with van der Waals surface area (Å²) in [5.74, 6) is 0.208. The van der Waals surface area contributed by atoms with E-state index in [9.17, 15) is 4.79 Å². The number of carbonyl (C=O) groups excluding carboxylic acids is 1. The first-order chi connectivity index (χ1) is 5.84. The molecule has 14 heavy (non-hydrogen) atoms. The first-order valence-corrected chi connectivity index (χ1v) is 5.11. The second-order valence-electron chi connectivity index (χ2n) is 2.39. The minimum atomic E-state index is -4.64. The summed E-state index contributed by atoms with van der Waals surface area (Å²) < 4.78 is 8.88. The van der Waals surface area contributed by atoms with Gasteiger partial charge in [0.25, 0.3) is 0 Å². The van der Waals surface area contributed by atoms with Gasteiger partial charge in [-0.05, 0) is 12.6 Å². The van der Waals surface area contributed by atoms with Crippen molar-refractivity contribution in [1.29, 1.82) is 0 Å². The second kappa shape index (κ2) is 8.15. The summed E-state index contributed by atoms with van der Waals surface area (Å²) >= 11 is 0. The fourth-order valence-electron chi connectivity index (χ4n) is 0.862. The van der Waals surface area contributed by atoms with Gasteiger partial charge < -0.3 is 19.6 Å². The third kappa shape index (κ3) is 11.0. The third-order valence-corrected chi connectivity index (χ3v) is 1.33. The van der Waals surface area contributed by atoms with Gasteiger partial charge in [0.05, 0.1) is 0 Å². The third-order valence-electron chi connectivity index (χ3n) is 1.33. The molecule has 0 aromatic rings. The van der Waals surface area contributed by atoms with Crippen molar-refractivity contribution in [3.8, 4) is 0 Å². The molecule has 0 spiro atoms. The molecular formula is C6H13KNO5P. The van der Waals surface area contributed by atoms with Crippen molar-refractivity contribution in [2.45, 2.75) is 12.8 Å². The van der Waals surface area contributed by atoms with E-state index in [0.717, 1.165) is 13.0 Å². The molecule has 1 saturated heterocycles. The number of nitrogens with zero attached hydrogens (tertiary/aromatic N) is 1.